The minimum absolute atomic E-state index is 0.120. The molecule has 0 atom stereocenters. The van der Waals surface area contributed by atoms with Crippen molar-refractivity contribution in [1.29, 1.82) is 0 Å². The summed E-state index contributed by atoms with van der Waals surface area (Å²) < 4.78 is 11.2. The van der Waals surface area contributed by atoms with Crippen molar-refractivity contribution >= 4 is 23.7 Å². The summed E-state index contributed by atoms with van der Waals surface area (Å²) in [5.41, 5.74) is 5.33. The highest BCUT2D eigenvalue weighted by Crippen LogP contribution is 2.28. The van der Waals surface area contributed by atoms with Gasteiger partial charge >= 0.3 is 0 Å². The van der Waals surface area contributed by atoms with Crippen LogP contribution < -0.4 is 10.2 Å². The molecule has 0 saturated carbocycles. The minimum Gasteiger partial charge on any atom is -0.483 e. The molecule has 0 saturated heterocycles. The van der Waals surface area contributed by atoms with Crippen LogP contribution in [0.5, 0.6) is 5.75 Å². The Morgan fingerprint density at radius 1 is 1.15 bits per heavy atom. The van der Waals surface area contributed by atoms with Crippen LogP contribution >= 0.6 is 11.6 Å². The van der Waals surface area contributed by atoms with Crippen molar-refractivity contribution in [2.24, 2.45) is 5.10 Å². The van der Waals surface area contributed by atoms with Gasteiger partial charge in [0.15, 0.2) is 6.61 Å². The molecule has 0 bridgehead atoms. The molecule has 6 heteroatoms. The number of amides is 1. The van der Waals surface area contributed by atoms with E-state index in [-0.39, 0.29) is 12.5 Å². The van der Waals surface area contributed by atoms with Crippen molar-refractivity contribution in [2.75, 3.05) is 6.61 Å². The number of rotatable bonds is 6. The van der Waals surface area contributed by atoms with E-state index in [1.807, 2.05) is 50.2 Å². The zero-order valence-electron chi connectivity index (χ0n) is 15.0. The van der Waals surface area contributed by atoms with E-state index in [0.29, 0.717) is 22.3 Å². The third-order valence-electron chi connectivity index (χ3n) is 4.06. The molecule has 0 aliphatic carbocycles. The normalized spacial score (nSPS) is 10.9. The van der Waals surface area contributed by atoms with Gasteiger partial charge in [0, 0.05) is 5.56 Å². The smallest absolute Gasteiger partial charge is 0.277 e. The number of nitrogens with one attached hydrogen (secondary N) is 1. The average molecular weight is 383 g/mol. The SMILES string of the molecule is Cc1cccc(OCC(=O)N/N=C\c2ccc(-c3ccccc3Cl)o2)c1C. The second-order valence-electron chi connectivity index (χ2n) is 5.96. The Balaban J connectivity index is 1.54. The van der Waals surface area contributed by atoms with E-state index in [1.165, 1.54) is 6.21 Å². The molecule has 0 unspecified atom stereocenters. The topological polar surface area (TPSA) is 63.8 Å². The molecule has 2 aromatic carbocycles. The maximum atomic E-state index is 11.9. The number of halogens is 1. The summed E-state index contributed by atoms with van der Waals surface area (Å²) in [5, 5.41) is 4.50. The van der Waals surface area contributed by atoms with Gasteiger partial charge in [0.1, 0.15) is 17.3 Å². The van der Waals surface area contributed by atoms with Crippen molar-refractivity contribution in [1.82, 2.24) is 5.43 Å². The Bertz CT molecular complexity index is 979. The second-order valence-corrected chi connectivity index (χ2v) is 6.37. The molecule has 1 amide bonds. The number of hydrazone groups is 1. The molecule has 138 valence electrons. The quantitative estimate of drug-likeness (QED) is 0.494. The molecule has 1 N–H and O–H groups in total. The van der Waals surface area contributed by atoms with E-state index < -0.39 is 0 Å². The third-order valence-corrected chi connectivity index (χ3v) is 4.39. The number of ether oxygens (including phenoxy) is 1. The van der Waals surface area contributed by atoms with E-state index in [2.05, 4.69) is 10.5 Å². The Labute approximate surface area is 162 Å². The standard InChI is InChI=1S/C21H19ClN2O3/c1-14-6-5-9-19(15(14)2)26-13-21(25)24-23-12-16-10-11-20(27-16)17-7-3-4-8-18(17)22/h3-12H,13H2,1-2H3,(H,24,25)/b23-12-. The van der Waals surface area contributed by atoms with E-state index in [4.69, 9.17) is 20.8 Å². The number of furan rings is 1. The van der Waals surface area contributed by atoms with Crippen molar-refractivity contribution in [3.8, 4) is 17.1 Å². The lowest BCUT2D eigenvalue weighted by Gasteiger charge is -2.09. The Hall–Kier alpha value is -3.05. The van der Waals surface area contributed by atoms with E-state index >= 15 is 0 Å². The molecule has 0 fully saturated rings. The van der Waals surface area contributed by atoms with Crippen LogP contribution in [-0.2, 0) is 4.79 Å². The Morgan fingerprint density at radius 2 is 1.96 bits per heavy atom. The predicted octanol–water partition coefficient (Wildman–Crippen LogP) is 4.75. The lowest BCUT2D eigenvalue weighted by molar-refractivity contribution is -0.123. The number of aryl methyl sites for hydroxylation is 1. The van der Waals surface area contributed by atoms with E-state index in [9.17, 15) is 4.79 Å². The molecule has 1 aromatic heterocycles. The number of carbonyl (C=O) groups is 1. The zero-order chi connectivity index (χ0) is 19.2. The fourth-order valence-electron chi connectivity index (χ4n) is 2.45. The Morgan fingerprint density at radius 3 is 2.78 bits per heavy atom. The molecular weight excluding hydrogens is 364 g/mol. The average Bonchev–Trinajstić information content (AvgIpc) is 3.12. The van der Waals surface area contributed by atoms with Crippen LogP contribution in [0.1, 0.15) is 16.9 Å². The molecule has 3 rings (SSSR count). The lowest BCUT2D eigenvalue weighted by Crippen LogP contribution is -2.24. The van der Waals surface area contributed by atoms with Gasteiger partial charge in [0.25, 0.3) is 5.91 Å². The maximum Gasteiger partial charge on any atom is 0.277 e. The van der Waals surface area contributed by atoms with Gasteiger partial charge in [-0.2, -0.15) is 5.10 Å². The highest BCUT2D eigenvalue weighted by Gasteiger charge is 2.08. The number of benzene rings is 2. The fraction of sp³-hybridized carbons (Fsp3) is 0.143. The van der Waals surface area contributed by atoms with Crippen molar-refractivity contribution in [3.05, 3.63) is 76.5 Å². The van der Waals surface area contributed by atoms with Crippen molar-refractivity contribution in [3.63, 3.8) is 0 Å². The lowest BCUT2D eigenvalue weighted by atomic mass is 10.1. The summed E-state index contributed by atoms with van der Waals surface area (Å²) >= 11 is 6.16. The molecule has 3 aromatic rings. The van der Waals surface area contributed by atoms with Crippen LogP contribution in [0.4, 0.5) is 0 Å². The largest absolute Gasteiger partial charge is 0.483 e. The number of hydrogen-bond donors (Lipinski definition) is 1. The van der Waals surface area contributed by atoms with Gasteiger partial charge in [0.2, 0.25) is 0 Å². The maximum absolute atomic E-state index is 11.9. The van der Waals surface area contributed by atoms with Crippen molar-refractivity contribution in [2.45, 2.75) is 13.8 Å². The summed E-state index contributed by atoms with van der Waals surface area (Å²) in [6, 6.07) is 16.7. The molecule has 1 heterocycles. The van der Waals surface area contributed by atoms with Crippen LogP contribution in [-0.4, -0.2) is 18.7 Å². The summed E-state index contributed by atoms with van der Waals surface area (Å²) in [4.78, 5) is 11.9. The first-order valence-electron chi connectivity index (χ1n) is 8.40. The number of carbonyl (C=O) groups excluding carboxylic acids is 1. The number of nitrogens with zero attached hydrogens (tertiary/aromatic N) is 1. The van der Waals surface area contributed by atoms with Gasteiger partial charge < -0.3 is 9.15 Å². The summed E-state index contributed by atoms with van der Waals surface area (Å²) in [6.07, 6.45) is 1.43. The molecule has 5 nitrogen and oxygen atoms in total. The second kappa shape index (κ2) is 8.56. The van der Waals surface area contributed by atoms with Crippen LogP contribution in [0.3, 0.4) is 0 Å². The molecule has 0 spiro atoms. The summed E-state index contributed by atoms with van der Waals surface area (Å²) in [5.74, 6) is 1.46. The van der Waals surface area contributed by atoms with Gasteiger partial charge in [-0.3, -0.25) is 4.79 Å². The highest BCUT2D eigenvalue weighted by molar-refractivity contribution is 6.33. The fourth-order valence-corrected chi connectivity index (χ4v) is 2.68. The third kappa shape index (κ3) is 4.77. The van der Waals surface area contributed by atoms with Gasteiger partial charge in [-0.15, -0.1) is 0 Å². The monoisotopic (exact) mass is 382 g/mol. The van der Waals surface area contributed by atoms with E-state index in [1.54, 1.807) is 18.2 Å². The highest BCUT2D eigenvalue weighted by atomic mass is 35.5. The van der Waals surface area contributed by atoms with Crippen LogP contribution in [0.15, 0.2) is 64.1 Å². The Kier molecular flexibility index (Phi) is 5.94. The van der Waals surface area contributed by atoms with Crippen LogP contribution in [0.25, 0.3) is 11.3 Å². The van der Waals surface area contributed by atoms with Gasteiger partial charge in [-0.05, 0) is 55.3 Å². The first kappa shape index (κ1) is 18.7. The van der Waals surface area contributed by atoms with Gasteiger partial charge in [-0.1, -0.05) is 35.9 Å². The van der Waals surface area contributed by atoms with Gasteiger partial charge in [-0.25, -0.2) is 5.43 Å². The first-order chi connectivity index (χ1) is 13.0. The molecule has 0 aliphatic rings. The van der Waals surface area contributed by atoms with Crippen LogP contribution in [0.2, 0.25) is 5.02 Å². The summed E-state index contributed by atoms with van der Waals surface area (Å²) in [6.45, 7) is 3.83. The minimum atomic E-state index is -0.356. The van der Waals surface area contributed by atoms with E-state index in [0.717, 1.165) is 16.7 Å². The number of hydrogen-bond acceptors (Lipinski definition) is 4. The zero-order valence-corrected chi connectivity index (χ0v) is 15.8. The molecule has 0 radical (unpaired) electrons. The van der Waals surface area contributed by atoms with Gasteiger partial charge in [0.05, 0.1) is 11.2 Å². The summed E-state index contributed by atoms with van der Waals surface area (Å²) in [7, 11) is 0. The molecule has 0 aliphatic heterocycles. The molecule has 27 heavy (non-hydrogen) atoms. The van der Waals surface area contributed by atoms with Crippen molar-refractivity contribution < 1.29 is 13.9 Å². The van der Waals surface area contributed by atoms with Crippen LogP contribution in [0, 0.1) is 13.8 Å². The predicted molar refractivity (Wildman–Crippen MR) is 106 cm³/mol. The first-order valence-corrected chi connectivity index (χ1v) is 8.78. The molecular formula is C21H19ClN2O3.